The number of phenolic OH excluding ortho intramolecular Hbond substituents is 1. The van der Waals surface area contributed by atoms with Crippen molar-refractivity contribution in [2.24, 2.45) is 0 Å². The van der Waals surface area contributed by atoms with E-state index in [0.29, 0.717) is 27.5 Å². The standard InChI is InChI=1S/C20H18O5/c1-11-7-8-13-14(18(11)16(25-3)10-17(21)22)9-12-5-4-6-15(24-2)19(12)20(13)23/h4-10,23H,1-3H3,(H,21,22)/b16-10-. The number of phenols is 1. The first-order chi connectivity index (χ1) is 12.0. The summed E-state index contributed by atoms with van der Waals surface area (Å²) >= 11 is 0. The number of fused-ring (bicyclic) bond motifs is 2. The Balaban J connectivity index is 2.48. The first kappa shape index (κ1) is 16.6. The molecule has 0 aliphatic carbocycles. The van der Waals surface area contributed by atoms with Crippen molar-refractivity contribution in [2.75, 3.05) is 14.2 Å². The summed E-state index contributed by atoms with van der Waals surface area (Å²) in [5.74, 6) is -0.193. The maximum absolute atomic E-state index is 11.1. The van der Waals surface area contributed by atoms with Gasteiger partial charge in [-0.05, 0) is 35.4 Å². The number of aryl methyl sites for hydroxylation is 1. The topological polar surface area (TPSA) is 76.0 Å². The van der Waals surface area contributed by atoms with Gasteiger partial charge in [0, 0.05) is 10.9 Å². The number of rotatable bonds is 4. The molecule has 0 aliphatic heterocycles. The number of ether oxygens (including phenoxy) is 2. The van der Waals surface area contributed by atoms with Crippen molar-refractivity contribution in [3.8, 4) is 11.5 Å². The summed E-state index contributed by atoms with van der Waals surface area (Å²) in [6, 6.07) is 11.0. The molecule has 0 saturated carbocycles. The maximum Gasteiger partial charge on any atom is 0.332 e. The van der Waals surface area contributed by atoms with Crippen LogP contribution in [0.25, 0.3) is 27.3 Å². The van der Waals surface area contributed by atoms with E-state index in [9.17, 15) is 9.90 Å². The summed E-state index contributed by atoms with van der Waals surface area (Å²) in [7, 11) is 2.98. The van der Waals surface area contributed by atoms with E-state index in [4.69, 9.17) is 14.6 Å². The van der Waals surface area contributed by atoms with Gasteiger partial charge in [-0.3, -0.25) is 0 Å². The van der Waals surface area contributed by atoms with Crippen LogP contribution in [0.2, 0.25) is 0 Å². The van der Waals surface area contributed by atoms with E-state index in [-0.39, 0.29) is 11.5 Å². The van der Waals surface area contributed by atoms with Crippen LogP contribution >= 0.6 is 0 Å². The summed E-state index contributed by atoms with van der Waals surface area (Å²) in [6.45, 7) is 1.87. The summed E-state index contributed by atoms with van der Waals surface area (Å²) in [5.41, 5.74) is 1.49. The second-order valence-corrected chi connectivity index (χ2v) is 5.69. The quantitative estimate of drug-likeness (QED) is 0.426. The molecule has 5 heteroatoms. The SMILES string of the molecule is CO/C(=C\C(=O)O)c1c(C)ccc2c(O)c3c(OC)cccc3cc12. The largest absolute Gasteiger partial charge is 0.507 e. The van der Waals surface area contributed by atoms with Crippen LogP contribution in [0, 0.1) is 6.92 Å². The number of hydrogen-bond acceptors (Lipinski definition) is 4. The summed E-state index contributed by atoms with van der Waals surface area (Å²) < 4.78 is 10.7. The zero-order chi connectivity index (χ0) is 18.1. The molecule has 0 saturated heterocycles. The number of carbonyl (C=O) groups is 1. The minimum atomic E-state index is -1.10. The van der Waals surface area contributed by atoms with Crippen molar-refractivity contribution in [1.82, 2.24) is 0 Å². The van der Waals surface area contributed by atoms with Crippen LogP contribution in [0.4, 0.5) is 0 Å². The Hall–Kier alpha value is -3.21. The Morgan fingerprint density at radius 3 is 2.52 bits per heavy atom. The Kier molecular flexibility index (Phi) is 4.23. The molecular formula is C20H18O5. The van der Waals surface area contributed by atoms with Crippen LogP contribution in [0.15, 0.2) is 42.5 Å². The van der Waals surface area contributed by atoms with Gasteiger partial charge in [-0.1, -0.05) is 24.3 Å². The van der Waals surface area contributed by atoms with Crippen molar-refractivity contribution < 1.29 is 24.5 Å². The normalized spacial score (nSPS) is 11.7. The summed E-state index contributed by atoms with van der Waals surface area (Å²) in [4.78, 5) is 11.1. The van der Waals surface area contributed by atoms with E-state index in [1.165, 1.54) is 7.11 Å². The molecule has 0 heterocycles. The molecule has 0 atom stereocenters. The smallest absolute Gasteiger partial charge is 0.332 e. The number of hydrogen-bond donors (Lipinski definition) is 2. The third kappa shape index (κ3) is 2.74. The molecule has 5 nitrogen and oxygen atoms in total. The average molecular weight is 338 g/mol. The Labute approximate surface area is 144 Å². The molecule has 0 aliphatic rings. The van der Waals surface area contributed by atoms with Gasteiger partial charge in [0.25, 0.3) is 0 Å². The van der Waals surface area contributed by atoms with Crippen LogP contribution in [0.5, 0.6) is 11.5 Å². The number of aromatic hydroxyl groups is 1. The molecule has 25 heavy (non-hydrogen) atoms. The lowest BCUT2D eigenvalue weighted by Crippen LogP contribution is -1.98. The van der Waals surface area contributed by atoms with Crippen molar-refractivity contribution in [3.05, 3.63) is 53.6 Å². The van der Waals surface area contributed by atoms with Gasteiger partial charge >= 0.3 is 5.97 Å². The van der Waals surface area contributed by atoms with Crippen LogP contribution in [-0.2, 0) is 9.53 Å². The molecule has 0 amide bonds. The zero-order valence-electron chi connectivity index (χ0n) is 14.2. The lowest BCUT2D eigenvalue weighted by atomic mass is 9.94. The highest BCUT2D eigenvalue weighted by atomic mass is 16.5. The van der Waals surface area contributed by atoms with Crippen LogP contribution in [0.3, 0.4) is 0 Å². The highest BCUT2D eigenvalue weighted by molar-refractivity contribution is 6.11. The van der Waals surface area contributed by atoms with Crippen molar-refractivity contribution >= 4 is 33.3 Å². The molecule has 0 radical (unpaired) electrons. The molecule has 0 fully saturated rings. The molecule has 3 rings (SSSR count). The Morgan fingerprint density at radius 2 is 1.88 bits per heavy atom. The molecule has 0 spiro atoms. The third-order valence-corrected chi connectivity index (χ3v) is 4.24. The Morgan fingerprint density at radius 1 is 1.12 bits per heavy atom. The van der Waals surface area contributed by atoms with E-state index in [1.807, 2.05) is 37.3 Å². The minimum Gasteiger partial charge on any atom is -0.507 e. The monoisotopic (exact) mass is 338 g/mol. The fourth-order valence-electron chi connectivity index (χ4n) is 3.14. The Bertz CT molecular complexity index is 1020. The van der Waals surface area contributed by atoms with Gasteiger partial charge in [0.05, 0.1) is 25.7 Å². The maximum atomic E-state index is 11.1. The van der Waals surface area contributed by atoms with E-state index in [2.05, 4.69) is 0 Å². The first-order valence-corrected chi connectivity index (χ1v) is 7.69. The highest BCUT2D eigenvalue weighted by Gasteiger charge is 2.17. The predicted molar refractivity (Wildman–Crippen MR) is 97.0 cm³/mol. The van der Waals surface area contributed by atoms with E-state index >= 15 is 0 Å². The van der Waals surface area contributed by atoms with Gasteiger partial charge in [0.15, 0.2) is 0 Å². The van der Waals surface area contributed by atoms with Gasteiger partial charge in [-0.2, -0.15) is 0 Å². The van der Waals surface area contributed by atoms with Gasteiger partial charge < -0.3 is 19.7 Å². The number of benzene rings is 3. The molecule has 0 aromatic heterocycles. The second kappa shape index (κ2) is 6.36. The minimum absolute atomic E-state index is 0.0944. The highest BCUT2D eigenvalue weighted by Crippen LogP contribution is 2.42. The lowest BCUT2D eigenvalue weighted by molar-refractivity contribution is -0.131. The molecular weight excluding hydrogens is 320 g/mol. The molecule has 128 valence electrons. The molecule has 3 aromatic rings. The van der Waals surface area contributed by atoms with Crippen LogP contribution in [0.1, 0.15) is 11.1 Å². The summed E-state index contributed by atoms with van der Waals surface area (Å²) in [5, 5.41) is 22.7. The van der Waals surface area contributed by atoms with Crippen LogP contribution in [-0.4, -0.2) is 30.4 Å². The van der Waals surface area contributed by atoms with E-state index in [0.717, 1.165) is 17.0 Å². The zero-order valence-corrected chi connectivity index (χ0v) is 14.2. The number of methoxy groups -OCH3 is 2. The van der Waals surface area contributed by atoms with Gasteiger partial charge in [0.1, 0.15) is 17.3 Å². The van der Waals surface area contributed by atoms with E-state index in [1.54, 1.807) is 13.2 Å². The fourth-order valence-corrected chi connectivity index (χ4v) is 3.14. The van der Waals surface area contributed by atoms with Crippen molar-refractivity contribution in [3.63, 3.8) is 0 Å². The number of carboxylic acids is 1. The first-order valence-electron chi connectivity index (χ1n) is 7.69. The molecule has 2 N–H and O–H groups in total. The number of carboxylic acid groups (broad SMARTS) is 1. The molecule has 0 bridgehead atoms. The van der Waals surface area contributed by atoms with Gasteiger partial charge in [-0.15, -0.1) is 0 Å². The van der Waals surface area contributed by atoms with E-state index < -0.39 is 5.97 Å². The lowest BCUT2D eigenvalue weighted by Gasteiger charge is -2.16. The van der Waals surface area contributed by atoms with Gasteiger partial charge in [0.2, 0.25) is 0 Å². The van der Waals surface area contributed by atoms with Crippen molar-refractivity contribution in [1.29, 1.82) is 0 Å². The predicted octanol–water partition coefficient (Wildman–Crippen LogP) is 4.09. The molecule has 0 unspecified atom stereocenters. The number of aliphatic carboxylic acids is 1. The average Bonchev–Trinajstić information content (AvgIpc) is 2.59. The van der Waals surface area contributed by atoms with Crippen molar-refractivity contribution in [2.45, 2.75) is 6.92 Å². The summed E-state index contributed by atoms with van der Waals surface area (Å²) in [6.07, 6.45) is 1.02. The van der Waals surface area contributed by atoms with Gasteiger partial charge in [-0.25, -0.2) is 4.79 Å². The second-order valence-electron chi connectivity index (χ2n) is 5.69. The fraction of sp³-hybridized carbons (Fsp3) is 0.150. The molecule has 3 aromatic carbocycles. The van der Waals surface area contributed by atoms with Crippen LogP contribution < -0.4 is 4.74 Å². The third-order valence-electron chi connectivity index (χ3n) is 4.24.